The molecule has 0 unspecified atom stereocenters. The van der Waals surface area contributed by atoms with Crippen LogP contribution in [0.3, 0.4) is 0 Å². The fourth-order valence-corrected chi connectivity index (χ4v) is 2.92. The van der Waals surface area contributed by atoms with E-state index in [4.69, 9.17) is 0 Å². The summed E-state index contributed by atoms with van der Waals surface area (Å²) in [5.41, 5.74) is 2.93. The molecule has 3 aromatic heterocycles. The summed E-state index contributed by atoms with van der Waals surface area (Å²) >= 11 is 1.57. The Bertz CT molecular complexity index is 864. The van der Waals surface area contributed by atoms with E-state index in [0.29, 0.717) is 5.75 Å². The summed E-state index contributed by atoms with van der Waals surface area (Å²) in [6, 6.07) is 16.0. The van der Waals surface area contributed by atoms with Crippen molar-refractivity contribution >= 4 is 17.4 Å². The highest BCUT2D eigenvalue weighted by Crippen LogP contribution is 2.21. The summed E-state index contributed by atoms with van der Waals surface area (Å²) in [6.45, 7) is 0. The molecule has 0 spiro atoms. The van der Waals surface area contributed by atoms with Crippen molar-refractivity contribution in [3.8, 4) is 11.3 Å². The number of imidazole rings is 1. The molecule has 0 radical (unpaired) electrons. The van der Waals surface area contributed by atoms with Gasteiger partial charge in [-0.05, 0) is 12.1 Å². The van der Waals surface area contributed by atoms with Gasteiger partial charge in [-0.25, -0.2) is 14.5 Å². The van der Waals surface area contributed by atoms with Crippen LogP contribution >= 0.6 is 11.8 Å². The maximum atomic E-state index is 4.61. The number of H-pyrrole nitrogens is 1. The number of nitrogens with one attached hydrogen (secondary N) is 1. The van der Waals surface area contributed by atoms with E-state index in [1.807, 2.05) is 48.8 Å². The topological polar surface area (TPSA) is 58.9 Å². The third-order valence-electron chi connectivity index (χ3n) is 3.26. The number of pyridine rings is 1. The van der Waals surface area contributed by atoms with Gasteiger partial charge in [-0.1, -0.05) is 48.2 Å². The zero-order valence-corrected chi connectivity index (χ0v) is 12.5. The Hall–Kier alpha value is -2.60. The van der Waals surface area contributed by atoms with Crippen LogP contribution in [0.25, 0.3) is 16.9 Å². The molecule has 0 aliphatic heterocycles. The molecule has 0 saturated heterocycles. The van der Waals surface area contributed by atoms with Gasteiger partial charge in [0.05, 0.1) is 11.4 Å². The fourth-order valence-electron chi connectivity index (χ4n) is 2.20. The molecule has 1 aromatic carbocycles. The van der Waals surface area contributed by atoms with Gasteiger partial charge in [0, 0.05) is 18.0 Å². The maximum absolute atomic E-state index is 4.61. The SMILES string of the molecule is c1ccc(-c2c[nH]c(CSc3nc4ccccn4n3)n2)cc1. The Balaban J connectivity index is 1.49. The lowest BCUT2D eigenvalue weighted by Gasteiger charge is -1.94. The predicted molar refractivity (Wildman–Crippen MR) is 86.6 cm³/mol. The summed E-state index contributed by atoms with van der Waals surface area (Å²) in [7, 11) is 0. The minimum atomic E-state index is 0.712. The Labute approximate surface area is 131 Å². The molecular formula is C16H13N5S. The molecule has 0 atom stereocenters. The molecule has 1 N–H and O–H groups in total. The highest BCUT2D eigenvalue weighted by Gasteiger charge is 2.07. The van der Waals surface area contributed by atoms with E-state index in [-0.39, 0.29) is 0 Å². The molecule has 5 nitrogen and oxygen atoms in total. The van der Waals surface area contributed by atoms with E-state index < -0.39 is 0 Å². The summed E-state index contributed by atoms with van der Waals surface area (Å²) in [6.07, 6.45) is 3.83. The van der Waals surface area contributed by atoms with Gasteiger partial charge in [0.2, 0.25) is 5.16 Å². The number of aromatic nitrogens is 5. The Morgan fingerprint density at radius 2 is 1.86 bits per heavy atom. The van der Waals surface area contributed by atoms with Crippen molar-refractivity contribution in [2.24, 2.45) is 0 Å². The van der Waals surface area contributed by atoms with Gasteiger partial charge in [0.15, 0.2) is 5.65 Å². The fraction of sp³-hybridized carbons (Fsp3) is 0.0625. The lowest BCUT2D eigenvalue weighted by atomic mass is 10.2. The Kier molecular flexibility index (Phi) is 3.36. The number of nitrogens with zero attached hydrogens (tertiary/aromatic N) is 4. The minimum absolute atomic E-state index is 0.712. The molecule has 0 saturated carbocycles. The summed E-state index contributed by atoms with van der Waals surface area (Å²) < 4.78 is 1.78. The van der Waals surface area contributed by atoms with Gasteiger partial charge >= 0.3 is 0 Å². The first-order valence-corrected chi connectivity index (χ1v) is 7.91. The summed E-state index contributed by atoms with van der Waals surface area (Å²) in [5, 5.41) is 5.17. The first-order chi connectivity index (χ1) is 10.9. The molecule has 6 heteroatoms. The van der Waals surface area contributed by atoms with E-state index >= 15 is 0 Å². The number of aromatic amines is 1. The quantitative estimate of drug-likeness (QED) is 0.587. The third-order valence-corrected chi connectivity index (χ3v) is 4.11. The number of thioether (sulfide) groups is 1. The zero-order chi connectivity index (χ0) is 14.8. The standard InChI is InChI=1S/C16H13N5S/c1-2-6-12(7-3-1)13-10-17-14(18-13)11-22-16-19-15-8-4-5-9-21(15)20-16/h1-10H,11H2,(H,17,18). The van der Waals surface area contributed by atoms with Gasteiger partial charge in [0.1, 0.15) is 5.82 Å². The zero-order valence-electron chi connectivity index (χ0n) is 11.7. The minimum Gasteiger partial charge on any atom is -0.347 e. The van der Waals surface area contributed by atoms with E-state index in [1.165, 1.54) is 0 Å². The van der Waals surface area contributed by atoms with E-state index in [0.717, 1.165) is 27.9 Å². The molecule has 0 amide bonds. The van der Waals surface area contributed by atoms with E-state index in [2.05, 4.69) is 32.2 Å². The number of benzene rings is 1. The van der Waals surface area contributed by atoms with Gasteiger partial charge < -0.3 is 4.98 Å². The van der Waals surface area contributed by atoms with Gasteiger partial charge in [-0.15, -0.1) is 5.10 Å². The molecule has 0 bridgehead atoms. The Morgan fingerprint density at radius 3 is 2.73 bits per heavy atom. The molecular weight excluding hydrogens is 294 g/mol. The normalized spacial score (nSPS) is 11.1. The third kappa shape index (κ3) is 2.60. The van der Waals surface area contributed by atoms with Crippen molar-refractivity contribution in [3.05, 3.63) is 66.7 Å². The first-order valence-electron chi connectivity index (χ1n) is 6.92. The highest BCUT2D eigenvalue weighted by atomic mass is 32.2. The van der Waals surface area contributed by atoms with Gasteiger partial charge in [0.25, 0.3) is 0 Å². The molecule has 22 heavy (non-hydrogen) atoms. The van der Waals surface area contributed by atoms with E-state index in [9.17, 15) is 0 Å². The van der Waals surface area contributed by atoms with Crippen molar-refractivity contribution in [1.82, 2.24) is 24.6 Å². The molecule has 4 rings (SSSR count). The number of fused-ring (bicyclic) bond motifs is 1. The van der Waals surface area contributed by atoms with Crippen molar-refractivity contribution in [1.29, 1.82) is 0 Å². The highest BCUT2D eigenvalue weighted by molar-refractivity contribution is 7.98. The summed E-state index contributed by atoms with van der Waals surface area (Å²) in [4.78, 5) is 12.3. The maximum Gasteiger partial charge on any atom is 0.209 e. The number of hydrogen-bond donors (Lipinski definition) is 1. The van der Waals surface area contributed by atoms with Crippen molar-refractivity contribution < 1.29 is 0 Å². The smallest absolute Gasteiger partial charge is 0.209 e. The van der Waals surface area contributed by atoms with Crippen molar-refractivity contribution in [3.63, 3.8) is 0 Å². The predicted octanol–water partition coefficient (Wildman–Crippen LogP) is 3.41. The summed E-state index contributed by atoms with van der Waals surface area (Å²) in [5.74, 6) is 1.63. The molecule has 0 fully saturated rings. The van der Waals surface area contributed by atoms with Crippen LogP contribution in [0.4, 0.5) is 0 Å². The Morgan fingerprint density at radius 1 is 1.00 bits per heavy atom. The molecule has 4 aromatic rings. The van der Waals surface area contributed by atoms with Crippen LogP contribution in [-0.4, -0.2) is 24.6 Å². The van der Waals surface area contributed by atoms with Crippen LogP contribution in [0, 0.1) is 0 Å². The first kappa shape index (κ1) is 13.1. The van der Waals surface area contributed by atoms with Crippen molar-refractivity contribution in [2.75, 3.05) is 0 Å². The lowest BCUT2D eigenvalue weighted by molar-refractivity contribution is 0.886. The van der Waals surface area contributed by atoms with Crippen LogP contribution in [0.15, 0.2) is 66.1 Å². The van der Waals surface area contributed by atoms with Crippen LogP contribution < -0.4 is 0 Å². The number of rotatable bonds is 4. The second-order valence-corrected chi connectivity index (χ2v) is 5.73. The second kappa shape index (κ2) is 5.65. The average molecular weight is 307 g/mol. The van der Waals surface area contributed by atoms with Crippen LogP contribution in [0.1, 0.15) is 5.82 Å². The van der Waals surface area contributed by atoms with Gasteiger partial charge in [-0.3, -0.25) is 0 Å². The molecule has 108 valence electrons. The lowest BCUT2D eigenvalue weighted by Crippen LogP contribution is -1.86. The van der Waals surface area contributed by atoms with Crippen molar-refractivity contribution in [2.45, 2.75) is 10.9 Å². The largest absolute Gasteiger partial charge is 0.347 e. The van der Waals surface area contributed by atoms with E-state index in [1.54, 1.807) is 16.3 Å². The van der Waals surface area contributed by atoms with Crippen LogP contribution in [0.2, 0.25) is 0 Å². The average Bonchev–Trinajstić information content (AvgIpc) is 3.20. The molecule has 0 aliphatic carbocycles. The monoisotopic (exact) mass is 307 g/mol. The molecule has 3 heterocycles. The number of hydrogen-bond acceptors (Lipinski definition) is 4. The molecule has 0 aliphatic rings. The van der Waals surface area contributed by atoms with Crippen LogP contribution in [-0.2, 0) is 5.75 Å². The van der Waals surface area contributed by atoms with Crippen LogP contribution in [0.5, 0.6) is 0 Å². The van der Waals surface area contributed by atoms with Gasteiger partial charge in [-0.2, -0.15) is 0 Å². The second-order valence-electron chi connectivity index (χ2n) is 4.78.